The number of fused-ring (bicyclic) bond motifs is 1. The lowest BCUT2D eigenvalue weighted by Gasteiger charge is -2.11. The number of carbonyl (C=O) groups excluding carboxylic acids is 2. The van der Waals surface area contributed by atoms with Crippen molar-refractivity contribution in [1.29, 1.82) is 0 Å². The molecule has 0 atom stereocenters. The number of nitrogens with one attached hydrogen (secondary N) is 2. The molecule has 3 aromatic carbocycles. The SMILES string of the molecule is CC(=O)NS(=O)(=O)c1ccc(NC(=O)c2cc(-c3ccccc3)nc3ccccc23)cc1. The Morgan fingerprint density at radius 3 is 2.19 bits per heavy atom. The fraction of sp³-hybridized carbons (Fsp3) is 0.0417. The molecular weight excluding hydrogens is 426 g/mol. The largest absolute Gasteiger partial charge is 0.322 e. The maximum atomic E-state index is 13.1. The van der Waals surface area contributed by atoms with Crippen molar-refractivity contribution in [1.82, 2.24) is 9.71 Å². The van der Waals surface area contributed by atoms with Gasteiger partial charge in [-0.25, -0.2) is 18.1 Å². The minimum absolute atomic E-state index is 0.0774. The maximum absolute atomic E-state index is 13.1. The van der Waals surface area contributed by atoms with Crippen molar-refractivity contribution >= 4 is 38.4 Å². The number of anilines is 1. The monoisotopic (exact) mass is 445 g/mol. The molecule has 0 fully saturated rings. The summed E-state index contributed by atoms with van der Waals surface area (Å²) in [4.78, 5) is 28.8. The van der Waals surface area contributed by atoms with Crippen molar-refractivity contribution in [3.05, 3.63) is 90.5 Å². The predicted octanol–water partition coefficient (Wildman–Crippen LogP) is 3.98. The summed E-state index contributed by atoms with van der Waals surface area (Å²) >= 11 is 0. The summed E-state index contributed by atoms with van der Waals surface area (Å²) in [5, 5.41) is 3.50. The predicted molar refractivity (Wildman–Crippen MR) is 123 cm³/mol. The van der Waals surface area contributed by atoms with Crippen molar-refractivity contribution in [3.63, 3.8) is 0 Å². The van der Waals surface area contributed by atoms with Gasteiger partial charge >= 0.3 is 0 Å². The molecule has 0 unspecified atom stereocenters. The molecule has 32 heavy (non-hydrogen) atoms. The molecule has 2 N–H and O–H groups in total. The smallest absolute Gasteiger partial charge is 0.264 e. The summed E-state index contributed by atoms with van der Waals surface area (Å²) in [5.74, 6) is -1.03. The second-order valence-electron chi connectivity index (χ2n) is 7.08. The van der Waals surface area contributed by atoms with Crippen molar-refractivity contribution < 1.29 is 18.0 Å². The Bertz CT molecular complexity index is 1420. The van der Waals surface area contributed by atoms with E-state index in [-0.39, 0.29) is 10.8 Å². The van der Waals surface area contributed by atoms with Crippen LogP contribution in [0.1, 0.15) is 17.3 Å². The van der Waals surface area contributed by atoms with Crippen LogP contribution in [-0.4, -0.2) is 25.2 Å². The molecule has 7 nitrogen and oxygen atoms in total. The van der Waals surface area contributed by atoms with Crippen LogP contribution < -0.4 is 10.0 Å². The van der Waals surface area contributed by atoms with Gasteiger partial charge in [0.05, 0.1) is 21.7 Å². The van der Waals surface area contributed by atoms with E-state index in [9.17, 15) is 18.0 Å². The van der Waals surface area contributed by atoms with Crippen molar-refractivity contribution in [2.75, 3.05) is 5.32 Å². The van der Waals surface area contributed by atoms with Gasteiger partial charge in [0.2, 0.25) is 5.91 Å². The molecular formula is C24H19N3O4S. The van der Waals surface area contributed by atoms with Gasteiger partial charge in [-0.15, -0.1) is 0 Å². The summed E-state index contributed by atoms with van der Waals surface area (Å²) in [6, 6.07) is 24.3. The Hall–Kier alpha value is -4.04. The Morgan fingerprint density at radius 1 is 0.844 bits per heavy atom. The number of benzene rings is 3. The van der Waals surface area contributed by atoms with E-state index in [1.54, 1.807) is 6.07 Å². The van der Waals surface area contributed by atoms with Crippen molar-refractivity contribution in [2.45, 2.75) is 11.8 Å². The Kier molecular flexibility index (Phi) is 5.70. The van der Waals surface area contributed by atoms with E-state index in [0.717, 1.165) is 12.5 Å². The standard InChI is InChI=1S/C24H19N3O4S/c1-16(28)27-32(30,31)19-13-11-18(12-14-19)25-24(29)21-15-23(17-7-3-2-4-8-17)26-22-10-6-5-9-20(21)22/h2-15H,1H3,(H,25,29)(H,27,28). The summed E-state index contributed by atoms with van der Waals surface area (Å²) in [6.45, 7) is 1.12. The van der Waals surface area contributed by atoms with Crippen molar-refractivity contribution in [3.8, 4) is 11.3 Å². The number of carbonyl (C=O) groups is 2. The van der Waals surface area contributed by atoms with Crippen molar-refractivity contribution in [2.24, 2.45) is 0 Å². The Labute approximate surface area is 185 Å². The van der Waals surface area contributed by atoms with Gasteiger partial charge in [-0.1, -0.05) is 48.5 Å². The van der Waals surface area contributed by atoms with Gasteiger partial charge in [0.15, 0.2) is 0 Å². The van der Waals surface area contributed by atoms with Crippen LogP contribution in [0.15, 0.2) is 89.8 Å². The molecule has 0 spiro atoms. The second-order valence-corrected chi connectivity index (χ2v) is 8.76. The lowest BCUT2D eigenvalue weighted by atomic mass is 10.0. The summed E-state index contributed by atoms with van der Waals surface area (Å²) in [7, 11) is -3.94. The molecule has 4 rings (SSSR count). The van der Waals surface area contributed by atoms with Crippen LogP contribution in [0, 0.1) is 0 Å². The minimum atomic E-state index is -3.94. The molecule has 0 saturated heterocycles. The van der Waals surface area contributed by atoms with E-state index < -0.39 is 15.9 Å². The molecule has 1 aromatic heterocycles. The lowest BCUT2D eigenvalue weighted by Crippen LogP contribution is -2.28. The van der Waals surface area contributed by atoms with E-state index in [1.807, 2.05) is 59.3 Å². The number of hydrogen-bond acceptors (Lipinski definition) is 5. The van der Waals surface area contributed by atoms with Crippen LogP contribution in [0.5, 0.6) is 0 Å². The third-order valence-electron chi connectivity index (χ3n) is 4.73. The van der Waals surface area contributed by atoms with Gasteiger partial charge in [-0.2, -0.15) is 0 Å². The molecule has 8 heteroatoms. The molecule has 1 heterocycles. The first kappa shape index (κ1) is 21.2. The first-order valence-electron chi connectivity index (χ1n) is 9.73. The molecule has 0 aliphatic rings. The van der Waals surface area contributed by atoms with Gasteiger partial charge in [0, 0.05) is 23.6 Å². The van der Waals surface area contributed by atoms with Crippen LogP contribution in [0.4, 0.5) is 5.69 Å². The fourth-order valence-corrected chi connectivity index (χ4v) is 4.27. The van der Waals surface area contributed by atoms with Gasteiger partial charge < -0.3 is 5.32 Å². The highest BCUT2D eigenvalue weighted by molar-refractivity contribution is 7.90. The van der Waals surface area contributed by atoms with Gasteiger partial charge in [0.25, 0.3) is 15.9 Å². The second kappa shape index (κ2) is 8.60. The summed E-state index contributed by atoms with van der Waals surface area (Å²) < 4.78 is 26.1. The maximum Gasteiger partial charge on any atom is 0.264 e. The zero-order chi connectivity index (χ0) is 22.7. The third-order valence-corrected chi connectivity index (χ3v) is 6.18. The third kappa shape index (κ3) is 4.50. The highest BCUT2D eigenvalue weighted by atomic mass is 32.2. The van der Waals surface area contributed by atoms with E-state index in [1.165, 1.54) is 24.3 Å². The molecule has 4 aromatic rings. The van der Waals surface area contributed by atoms with Crippen LogP contribution in [-0.2, 0) is 14.8 Å². The van der Waals surface area contributed by atoms with Gasteiger partial charge in [-0.05, 0) is 36.4 Å². The van der Waals surface area contributed by atoms with E-state index in [0.29, 0.717) is 27.8 Å². The Morgan fingerprint density at radius 2 is 1.50 bits per heavy atom. The highest BCUT2D eigenvalue weighted by Gasteiger charge is 2.17. The number of nitrogens with zero attached hydrogens (tertiary/aromatic N) is 1. The molecule has 0 saturated carbocycles. The van der Waals surface area contributed by atoms with Gasteiger partial charge in [0.1, 0.15) is 0 Å². The number of aromatic nitrogens is 1. The quantitative estimate of drug-likeness (QED) is 0.483. The number of para-hydroxylation sites is 1. The zero-order valence-corrected chi connectivity index (χ0v) is 17.9. The number of amides is 2. The first-order chi connectivity index (χ1) is 15.3. The van der Waals surface area contributed by atoms with E-state index in [4.69, 9.17) is 0 Å². The minimum Gasteiger partial charge on any atom is -0.322 e. The van der Waals surface area contributed by atoms with Crippen LogP contribution >= 0.6 is 0 Å². The number of hydrogen-bond donors (Lipinski definition) is 2. The van der Waals surface area contributed by atoms with E-state index in [2.05, 4.69) is 10.3 Å². The van der Waals surface area contributed by atoms with E-state index >= 15 is 0 Å². The number of sulfonamides is 1. The molecule has 0 radical (unpaired) electrons. The molecule has 2 amide bonds. The topological polar surface area (TPSA) is 105 Å². The molecule has 0 aliphatic carbocycles. The summed E-state index contributed by atoms with van der Waals surface area (Å²) in [5.41, 5.74) is 3.12. The average Bonchev–Trinajstić information content (AvgIpc) is 2.78. The average molecular weight is 446 g/mol. The molecule has 0 bridgehead atoms. The van der Waals surface area contributed by atoms with Crippen LogP contribution in [0.3, 0.4) is 0 Å². The Balaban J connectivity index is 1.66. The fourth-order valence-electron chi connectivity index (χ4n) is 3.28. The van der Waals surface area contributed by atoms with Gasteiger partial charge in [-0.3, -0.25) is 9.59 Å². The lowest BCUT2D eigenvalue weighted by molar-refractivity contribution is -0.117. The summed E-state index contributed by atoms with van der Waals surface area (Å²) in [6.07, 6.45) is 0. The first-order valence-corrected chi connectivity index (χ1v) is 11.2. The number of rotatable bonds is 5. The highest BCUT2D eigenvalue weighted by Crippen LogP contribution is 2.26. The zero-order valence-electron chi connectivity index (χ0n) is 17.1. The molecule has 0 aliphatic heterocycles. The number of pyridine rings is 1. The van der Waals surface area contributed by atoms with Crippen LogP contribution in [0.25, 0.3) is 22.2 Å². The molecule has 160 valence electrons. The van der Waals surface area contributed by atoms with Crippen LogP contribution in [0.2, 0.25) is 0 Å². The normalized spacial score (nSPS) is 11.2.